The lowest BCUT2D eigenvalue weighted by Gasteiger charge is -2.32. The molecule has 124 heavy (non-hydrogen) atoms. The molecule has 0 unspecified atom stereocenters. The van der Waals surface area contributed by atoms with Crippen LogP contribution in [0.3, 0.4) is 0 Å². The average Bonchev–Trinajstić information content (AvgIpc) is 1.59. The van der Waals surface area contributed by atoms with Crippen LogP contribution in [0.2, 0.25) is 0 Å². The highest BCUT2D eigenvalue weighted by atomic mass is 79.9. The molecule has 25 rings (SSSR count). The summed E-state index contributed by atoms with van der Waals surface area (Å²) in [5.41, 5.74) is 37.1. The normalized spacial score (nSPS) is 13.3. The van der Waals surface area contributed by atoms with Gasteiger partial charge in [-0.3, -0.25) is 0 Å². The van der Waals surface area contributed by atoms with Crippen LogP contribution in [0.25, 0.3) is 182 Å². The molecule has 1 saturated heterocycles. The first-order chi connectivity index (χ1) is 60.8. The molecule has 4 aromatic heterocycles. The number of hydrogen-bond donors (Lipinski definition) is 1. The lowest BCUT2D eigenvalue weighted by molar-refractivity contribution is 0.00578. The van der Waals surface area contributed by atoms with Gasteiger partial charge in [-0.15, -0.1) is 0 Å². The van der Waals surface area contributed by atoms with Gasteiger partial charge in [-0.2, -0.15) is 0 Å². The van der Waals surface area contributed by atoms with E-state index in [9.17, 15) is 0 Å². The van der Waals surface area contributed by atoms with Gasteiger partial charge in [0.2, 0.25) is 0 Å². The van der Waals surface area contributed by atoms with Crippen LogP contribution in [-0.2, 0) is 22.2 Å². The largest absolute Gasteiger partial charge is 0.494 e. The SMILES string of the molecule is Brc1ccc2c(c1)Cc1ccccc1-2.CC1(C)OB(c2ccc3c(c2)c2ccccc2n3-c2ccc(-c3ccccc3)cc2)OC1(C)C.c1ccc(-c2ccc(-n3c4ccccc4c4cc(-c5ccc6c(c5)Cc5ccccc5-6)ccc43)cc2)cc1.c1ccc(-c2ccc(-n3c4ccccc4c4cc(-c5ccc6c(c5)[nH]c5ccccc56)ccc43)cc2)cc1. The van der Waals surface area contributed by atoms with Crippen LogP contribution in [0.15, 0.2) is 423 Å². The van der Waals surface area contributed by atoms with Crippen molar-refractivity contribution in [1.29, 1.82) is 0 Å². The fourth-order valence-corrected chi connectivity index (χ4v) is 19.4. The standard InChI is InChI=1S/C37H25N.C36H24N2.C30H28BNO2.C13H9Br/c1-2-8-25(9-3-1)26-14-18-31(19-15-26)38-36-13-7-6-12-34(36)35-24-28(17-21-37(35)38)27-16-20-33-30(22-27)23-29-10-4-5-11-32(29)33;1-2-8-24(9-3-1)25-14-18-28(19-15-25)38-35-13-7-5-11-31(35)32-22-26(17-21-36(32)38)27-16-20-30-29-10-4-6-12-33(29)37-34(30)23-27;1-29(2)30(3,4)34-31(33-29)23-16-19-28-26(20-23)25-12-8-9-13-27(25)32(28)24-17-14-22(15-18-24)21-10-6-5-7-11-21;14-11-5-6-13-10(8-11)7-9-3-1-2-4-12(9)13/h1-22,24H,23H2;1-23,37H;5-20H,1-4H3;1-6,8H,7H2. The van der Waals surface area contributed by atoms with E-state index in [4.69, 9.17) is 9.31 Å². The Hall–Kier alpha value is -14.4. The number of para-hydroxylation sites is 4. The van der Waals surface area contributed by atoms with Crippen LogP contribution in [0, 0.1) is 0 Å². The number of fused-ring (bicyclic) bond motifs is 18. The highest BCUT2D eigenvalue weighted by molar-refractivity contribution is 9.10. The summed E-state index contributed by atoms with van der Waals surface area (Å²) in [6.45, 7) is 8.38. The summed E-state index contributed by atoms with van der Waals surface area (Å²) in [4.78, 5) is 3.59. The smallest absolute Gasteiger partial charge is 0.399 e. The minimum atomic E-state index is -0.373. The first kappa shape index (κ1) is 75.8. The Labute approximate surface area is 730 Å². The first-order valence-electron chi connectivity index (χ1n) is 42.9. The second-order valence-corrected chi connectivity index (χ2v) is 34.8. The summed E-state index contributed by atoms with van der Waals surface area (Å²) in [7, 11) is -0.373. The average molecular weight is 1660 g/mol. The summed E-state index contributed by atoms with van der Waals surface area (Å²) < 4.78 is 20.9. The predicted octanol–water partition coefficient (Wildman–Crippen LogP) is 30.2. The molecule has 0 saturated carbocycles. The maximum atomic E-state index is 6.33. The lowest BCUT2D eigenvalue weighted by atomic mass is 9.78. The molecule has 1 aliphatic heterocycles. The van der Waals surface area contributed by atoms with Crippen LogP contribution in [0.4, 0.5) is 0 Å². The molecular weight excluding hydrogens is 1570 g/mol. The van der Waals surface area contributed by atoms with Crippen molar-refractivity contribution >= 4 is 116 Å². The number of aromatic amines is 1. The van der Waals surface area contributed by atoms with Crippen LogP contribution in [0.1, 0.15) is 49.9 Å². The number of nitrogens with zero attached hydrogens (tertiary/aromatic N) is 3. The highest BCUT2D eigenvalue weighted by Gasteiger charge is 2.52. The molecule has 1 N–H and O–H groups in total. The van der Waals surface area contributed by atoms with Gasteiger partial charge < -0.3 is 28.0 Å². The molecule has 18 aromatic carbocycles. The summed E-state index contributed by atoms with van der Waals surface area (Å²) in [5, 5.41) is 10.1. The number of rotatable bonds is 9. The van der Waals surface area contributed by atoms with Gasteiger partial charge in [0.15, 0.2) is 0 Å². The van der Waals surface area contributed by atoms with Crippen molar-refractivity contribution in [3.63, 3.8) is 0 Å². The Morgan fingerprint density at radius 3 is 1.04 bits per heavy atom. The van der Waals surface area contributed by atoms with E-state index in [1.807, 2.05) is 6.07 Å². The second kappa shape index (κ2) is 31.3. The molecule has 5 heterocycles. The molecule has 2 aliphatic carbocycles. The summed E-state index contributed by atoms with van der Waals surface area (Å²) in [6.07, 6.45) is 2.09. The zero-order valence-corrected chi connectivity index (χ0v) is 71.0. The van der Waals surface area contributed by atoms with E-state index < -0.39 is 0 Å². The van der Waals surface area contributed by atoms with E-state index in [-0.39, 0.29) is 18.3 Å². The van der Waals surface area contributed by atoms with Gasteiger partial charge >= 0.3 is 7.12 Å². The maximum Gasteiger partial charge on any atom is 0.494 e. The highest BCUT2D eigenvalue weighted by Crippen LogP contribution is 2.45. The zero-order chi connectivity index (χ0) is 83.2. The van der Waals surface area contributed by atoms with E-state index >= 15 is 0 Å². The number of H-pyrrole nitrogens is 1. The number of aromatic nitrogens is 4. The molecule has 6 nitrogen and oxygen atoms in total. The van der Waals surface area contributed by atoms with E-state index in [0.717, 1.165) is 24.0 Å². The van der Waals surface area contributed by atoms with Crippen LogP contribution in [0.5, 0.6) is 0 Å². The van der Waals surface area contributed by atoms with Crippen LogP contribution in [-0.4, -0.2) is 37.0 Å². The van der Waals surface area contributed by atoms with Crippen molar-refractivity contribution in [1.82, 2.24) is 18.7 Å². The quantitative estimate of drug-likeness (QED) is 0.146. The topological polar surface area (TPSA) is 49.0 Å². The minimum Gasteiger partial charge on any atom is -0.399 e. The molecule has 592 valence electrons. The molecule has 0 spiro atoms. The third-order valence-corrected chi connectivity index (χ3v) is 26.5. The van der Waals surface area contributed by atoms with Gasteiger partial charge in [0, 0.05) is 75.7 Å². The van der Waals surface area contributed by atoms with Crippen LogP contribution >= 0.6 is 15.9 Å². The Kier molecular flexibility index (Phi) is 19.1. The molecule has 0 bridgehead atoms. The Balaban J connectivity index is 0.000000102. The maximum absolute atomic E-state index is 6.33. The lowest BCUT2D eigenvalue weighted by Crippen LogP contribution is -2.41. The Morgan fingerprint density at radius 2 is 0.565 bits per heavy atom. The van der Waals surface area contributed by atoms with Gasteiger partial charge in [-0.1, -0.05) is 325 Å². The third kappa shape index (κ3) is 13.7. The van der Waals surface area contributed by atoms with Crippen molar-refractivity contribution in [2.24, 2.45) is 0 Å². The molecule has 22 aromatic rings. The van der Waals surface area contributed by atoms with Crippen molar-refractivity contribution in [3.8, 4) is 95.0 Å². The van der Waals surface area contributed by atoms with Gasteiger partial charge in [-0.05, 0) is 255 Å². The van der Waals surface area contributed by atoms with Crippen molar-refractivity contribution in [2.45, 2.75) is 51.7 Å². The fourth-order valence-electron chi connectivity index (χ4n) is 19.0. The Bertz CT molecular complexity index is 7840. The molecule has 0 amide bonds. The van der Waals surface area contributed by atoms with E-state index in [1.165, 1.54) is 203 Å². The molecule has 3 aliphatic rings. The van der Waals surface area contributed by atoms with Gasteiger partial charge in [0.25, 0.3) is 0 Å². The molecule has 0 radical (unpaired) electrons. The van der Waals surface area contributed by atoms with Crippen molar-refractivity contribution < 1.29 is 9.31 Å². The van der Waals surface area contributed by atoms with Gasteiger partial charge in [0.1, 0.15) is 0 Å². The second-order valence-electron chi connectivity index (χ2n) is 33.9. The number of benzene rings is 18. The number of nitrogens with one attached hydrogen (secondary N) is 1. The minimum absolute atomic E-state index is 0.360. The summed E-state index contributed by atoms with van der Waals surface area (Å²) >= 11 is 3.51. The molecule has 1 fully saturated rings. The monoisotopic (exact) mass is 1660 g/mol. The molecule has 8 heteroatoms. The number of hydrogen-bond acceptors (Lipinski definition) is 2. The Morgan fingerprint density at radius 1 is 0.242 bits per heavy atom. The van der Waals surface area contributed by atoms with Crippen LogP contribution < -0.4 is 5.46 Å². The van der Waals surface area contributed by atoms with E-state index in [1.54, 1.807) is 0 Å². The summed E-state index contributed by atoms with van der Waals surface area (Å²) in [6, 6.07) is 151. The first-order valence-corrected chi connectivity index (χ1v) is 43.7. The summed E-state index contributed by atoms with van der Waals surface area (Å²) in [5.74, 6) is 0. The van der Waals surface area contributed by atoms with E-state index in [0.29, 0.717) is 0 Å². The van der Waals surface area contributed by atoms with Crippen molar-refractivity contribution in [2.75, 3.05) is 0 Å². The molecular formula is C116H86BBrN4O2. The predicted molar refractivity (Wildman–Crippen MR) is 525 cm³/mol. The van der Waals surface area contributed by atoms with Crippen molar-refractivity contribution in [3.05, 3.63) is 445 Å². The van der Waals surface area contributed by atoms with Gasteiger partial charge in [-0.25, -0.2) is 0 Å². The number of halogens is 1. The zero-order valence-electron chi connectivity index (χ0n) is 69.4. The third-order valence-electron chi connectivity index (χ3n) is 26.0. The van der Waals surface area contributed by atoms with Gasteiger partial charge in [0.05, 0.1) is 44.3 Å². The fraction of sp³-hybridized carbons (Fsp3) is 0.0690. The van der Waals surface area contributed by atoms with E-state index in [2.05, 4.69) is 475 Å². The molecule has 0 atom stereocenters.